The molecule has 1 amide bonds. The van der Waals surface area contributed by atoms with Gasteiger partial charge in [-0.3, -0.25) is 4.79 Å². The minimum absolute atomic E-state index is 0.0162. The Hall–Kier alpha value is -2.93. The molecule has 0 heterocycles. The average Bonchev–Trinajstić information content (AvgIpc) is 2.53. The minimum Gasteiger partial charge on any atom is -0.347 e. The molecule has 0 radical (unpaired) electrons. The number of nitriles is 1. The van der Waals surface area contributed by atoms with E-state index < -0.39 is 5.91 Å². The fraction of sp³-hybridized carbons (Fsp3) is 0.0588. The molecule has 0 aliphatic heterocycles. The zero-order valence-corrected chi connectivity index (χ0v) is 11.2. The van der Waals surface area contributed by atoms with Gasteiger partial charge < -0.3 is 5.32 Å². The lowest BCUT2D eigenvalue weighted by atomic mass is 10.1. The van der Waals surface area contributed by atoms with Crippen molar-refractivity contribution in [2.45, 2.75) is 6.54 Å². The van der Waals surface area contributed by atoms with Gasteiger partial charge in [-0.05, 0) is 29.3 Å². The maximum atomic E-state index is 12.8. The zero-order valence-electron chi connectivity index (χ0n) is 11.2. The maximum Gasteiger partial charge on any atom is 0.262 e. The molecule has 4 heteroatoms. The lowest BCUT2D eigenvalue weighted by Gasteiger charge is -2.04. The quantitative estimate of drug-likeness (QED) is 0.691. The minimum atomic E-state index is -0.453. The predicted molar refractivity (Wildman–Crippen MR) is 78.3 cm³/mol. The van der Waals surface area contributed by atoms with Gasteiger partial charge in [0, 0.05) is 6.54 Å². The molecule has 0 spiro atoms. The van der Waals surface area contributed by atoms with Crippen LogP contribution in [0.2, 0.25) is 0 Å². The Morgan fingerprint density at radius 1 is 1.14 bits per heavy atom. The van der Waals surface area contributed by atoms with Crippen molar-refractivity contribution in [3.63, 3.8) is 0 Å². The van der Waals surface area contributed by atoms with Gasteiger partial charge >= 0.3 is 0 Å². The molecule has 0 atom stereocenters. The molecular formula is C17H13FN2O. The van der Waals surface area contributed by atoms with Crippen molar-refractivity contribution in [3.8, 4) is 6.07 Å². The first-order valence-corrected chi connectivity index (χ1v) is 6.38. The van der Waals surface area contributed by atoms with Crippen molar-refractivity contribution in [3.05, 3.63) is 77.1 Å². The standard InChI is InChI=1S/C17H13FN2O/c18-16-8-6-13(7-9-16)10-15(11-19)17(21)20-12-14-4-2-1-3-5-14/h1-10H,12H2,(H,20,21)/b15-10-. The van der Waals surface area contributed by atoms with Crippen LogP contribution in [0.4, 0.5) is 4.39 Å². The Morgan fingerprint density at radius 3 is 2.43 bits per heavy atom. The van der Waals surface area contributed by atoms with Gasteiger partial charge in [-0.15, -0.1) is 0 Å². The molecule has 0 unspecified atom stereocenters. The van der Waals surface area contributed by atoms with Crippen LogP contribution >= 0.6 is 0 Å². The normalized spacial score (nSPS) is 10.8. The van der Waals surface area contributed by atoms with Crippen molar-refractivity contribution in [1.29, 1.82) is 5.26 Å². The van der Waals surface area contributed by atoms with Crippen LogP contribution in [0.5, 0.6) is 0 Å². The molecule has 0 saturated heterocycles. The van der Waals surface area contributed by atoms with Gasteiger partial charge in [0.2, 0.25) is 0 Å². The summed E-state index contributed by atoms with van der Waals surface area (Å²) in [4.78, 5) is 11.9. The van der Waals surface area contributed by atoms with Gasteiger partial charge in [-0.1, -0.05) is 42.5 Å². The summed E-state index contributed by atoms with van der Waals surface area (Å²) in [6.45, 7) is 0.349. The summed E-state index contributed by atoms with van der Waals surface area (Å²) in [5, 5.41) is 11.7. The van der Waals surface area contributed by atoms with Crippen molar-refractivity contribution in [2.75, 3.05) is 0 Å². The smallest absolute Gasteiger partial charge is 0.262 e. The first kappa shape index (κ1) is 14.5. The Balaban J connectivity index is 2.05. The first-order chi connectivity index (χ1) is 10.2. The van der Waals surface area contributed by atoms with E-state index in [0.717, 1.165) is 5.56 Å². The summed E-state index contributed by atoms with van der Waals surface area (Å²) >= 11 is 0. The number of carbonyl (C=O) groups excluding carboxylic acids is 1. The average molecular weight is 280 g/mol. The van der Waals surface area contributed by atoms with Gasteiger partial charge in [0.25, 0.3) is 5.91 Å². The molecule has 3 nitrogen and oxygen atoms in total. The van der Waals surface area contributed by atoms with E-state index in [0.29, 0.717) is 12.1 Å². The molecular weight excluding hydrogens is 267 g/mol. The van der Waals surface area contributed by atoms with Crippen LogP contribution in [0.1, 0.15) is 11.1 Å². The fourth-order valence-corrected chi connectivity index (χ4v) is 1.75. The van der Waals surface area contributed by atoms with Crippen LogP contribution in [-0.2, 0) is 11.3 Å². The van der Waals surface area contributed by atoms with E-state index in [1.54, 1.807) is 0 Å². The number of benzene rings is 2. The van der Waals surface area contributed by atoms with E-state index in [-0.39, 0.29) is 11.4 Å². The highest BCUT2D eigenvalue weighted by atomic mass is 19.1. The highest BCUT2D eigenvalue weighted by Gasteiger charge is 2.08. The zero-order chi connectivity index (χ0) is 15.1. The summed E-state index contributed by atoms with van der Waals surface area (Å²) in [5.74, 6) is -0.815. The van der Waals surface area contributed by atoms with Crippen LogP contribution in [0.15, 0.2) is 60.2 Å². The van der Waals surface area contributed by atoms with Crippen LogP contribution < -0.4 is 5.32 Å². The molecule has 104 valence electrons. The topological polar surface area (TPSA) is 52.9 Å². The Morgan fingerprint density at radius 2 is 1.81 bits per heavy atom. The molecule has 2 aromatic carbocycles. The summed E-state index contributed by atoms with van der Waals surface area (Å²) in [5.41, 5.74) is 1.53. The predicted octanol–water partition coefficient (Wildman–Crippen LogP) is 3.05. The van der Waals surface area contributed by atoms with Crippen LogP contribution in [-0.4, -0.2) is 5.91 Å². The fourth-order valence-electron chi connectivity index (χ4n) is 1.75. The molecule has 2 aromatic rings. The molecule has 0 aliphatic rings. The third kappa shape index (κ3) is 4.29. The second kappa shape index (κ2) is 7.01. The van der Waals surface area contributed by atoms with Gasteiger partial charge in [0.05, 0.1) is 0 Å². The molecule has 0 aromatic heterocycles. The van der Waals surface area contributed by atoms with Crippen molar-refractivity contribution < 1.29 is 9.18 Å². The molecule has 2 rings (SSSR count). The number of hydrogen-bond donors (Lipinski definition) is 1. The van der Waals surface area contributed by atoms with E-state index in [4.69, 9.17) is 5.26 Å². The highest BCUT2D eigenvalue weighted by Crippen LogP contribution is 2.08. The van der Waals surface area contributed by atoms with E-state index in [1.807, 2.05) is 36.4 Å². The van der Waals surface area contributed by atoms with Gasteiger partial charge in [0.15, 0.2) is 0 Å². The van der Waals surface area contributed by atoms with Crippen molar-refractivity contribution in [2.24, 2.45) is 0 Å². The number of carbonyl (C=O) groups is 1. The van der Waals surface area contributed by atoms with Gasteiger partial charge in [-0.25, -0.2) is 4.39 Å². The van der Waals surface area contributed by atoms with Crippen LogP contribution in [0.3, 0.4) is 0 Å². The van der Waals surface area contributed by atoms with Crippen molar-refractivity contribution >= 4 is 12.0 Å². The second-order valence-corrected chi connectivity index (χ2v) is 4.39. The molecule has 0 aliphatic carbocycles. The van der Waals surface area contributed by atoms with E-state index in [1.165, 1.54) is 30.3 Å². The third-order valence-corrected chi connectivity index (χ3v) is 2.84. The second-order valence-electron chi connectivity index (χ2n) is 4.39. The number of halogens is 1. The number of nitrogens with one attached hydrogen (secondary N) is 1. The molecule has 0 fully saturated rings. The van der Waals surface area contributed by atoms with Crippen LogP contribution in [0, 0.1) is 17.1 Å². The number of rotatable bonds is 4. The highest BCUT2D eigenvalue weighted by molar-refractivity contribution is 6.01. The molecule has 0 saturated carbocycles. The first-order valence-electron chi connectivity index (χ1n) is 6.38. The summed E-state index contributed by atoms with van der Waals surface area (Å²) in [6.07, 6.45) is 1.43. The van der Waals surface area contributed by atoms with E-state index >= 15 is 0 Å². The summed E-state index contributed by atoms with van der Waals surface area (Å²) < 4.78 is 12.8. The monoisotopic (exact) mass is 280 g/mol. The van der Waals surface area contributed by atoms with Gasteiger partial charge in [-0.2, -0.15) is 5.26 Å². The van der Waals surface area contributed by atoms with Crippen molar-refractivity contribution in [1.82, 2.24) is 5.32 Å². The Labute approximate surface area is 122 Å². The Kier molecular flexibility index (Phi) is 4.84. The third-order valence-electron chi connectivity index (χ3n) is 2.84. The van der Waals surface area contributed by atoms with Gasteiger partial charge in [0.1, 0.15) is 17.5 Å². The largest absolute Gasteiger partial charge is 0.347 e. The van der Waals surface area contributed by atoms with E-state index in [9.17, 15) is 9.18 Å². The number of nitrogens with zero attached hydrogens (tertiary/aromatic N) is 1. The lowest BCUT2D eigenvalue weighted by molar-refractivity contribution is -0.117. The summed E-state index contributed by atoms with van der Waals surface area (Å²) in [6, 6.07) is 16.9. The number of amides is 1. The molecule has 1 N–H and O–H groups in total. The number of hydrogen-bond acceptors (Lipinski definition) is 2. The SMILES string of the molecule is N#C/C(=C/c1ccc(F)cc1)C(=O)NCc1ccccc1. The van der Waals surface area contributed by atoms with E-state index in [2.05, 4.69) is 5.32 Å². The molecule has 21 heavy (non-hydrogen) atoms. The summed E-state index contributed by atoms with van der Waals surface area (Å²) in [7, 11) is 0. The lowest BCUT2D eigenvalue weighted by Crippen LogP contribution is -2.23. The maximum absolute atomic E-state index is 12.8. The van der Waals surface area contributed by atoms with Crippen LogP contribution in [0.25, 0.3) is 6.08 Å². The Bertz CT molecular complexity index is 685. The molecule has 0 bridgehead atoms.